The summed E-state index contributed by atoms with van der Waals surface area (Å²) in [6.07, 6.45) is 5.35. The van der Waals surface area contributed by atoms with Crippen LogP contribution in [0.5, 0.6) is 0 Å². The zero-order chi connectivity index (χ0) is 17.1. The molecule has 1 aromatic carbocycles. The van der Waals surface area contributed by atoms with Gasteiger partial charge in [-0.3, -0.25) is 4.79 Å². The minimum Gasteiger partial charge on any atom is -0.395 e. The van der Waals surface area contributed by atoms with Crippen LogP contribution in [-0.2, 0) is 12.8 Å². The van der Waals surface area contributed by atoms with Crippen molar-refractivity contribution < 1.29 is 9.90 Å². The molecule has 130 valence electrons. The maximum Gasteiger partial charge on any atom is 0.256 e. The second-order valence-electron chi connectivity index (χ2n) is 7.03. The summed E-state index contributed by atoms with van der Waals surface area (Å²) in [6.45, 7) is 5.51. The lowest BCUT2D eigenvalue weighted by Gasteiger charge is -2.22. The molecule has 2 N–H and O–H groups in total. The molecule has 1 aromatic heterocycles. The van der Waals surface area contributed by atoms with Crippen molar-refractivity contribution in [2.75, 3.05) is 19.7 Å². The average molecular weight is 328 g/mol. The third-order valence-electron chi connectivity index (χ3n) is 5.14. The van der Waals surface area contributed by atoms with Crippen molar-refractivity contribution >= 4 is 16.8 Å². The molecule has 4 nitrogen and oxygen atoms in total. The number of fused-ring (bicyclic) bond motifs is 3. The van der Waals surface area contributed by atoms with Gasteiger partial charge >= 0.3 is 0 Å². The van der Waals surface area contributed by atoms with Gasteiger partial charge in [0.25, 0.3) is 5.91 Å². The summed E-state index contributed by atoms with van der Waals surface area (Å²) in [4.78, 5) is 18.3. The molecule has 0 spiro atoms. The van der Waals surface area contributed by atoms with Crippen molar-refractivity contribution in [3.05, 3.63) is 35.0 Å². The molecule has 0 radical (unpaired) electrons. The molecule has 1 aliphatic rings. The number of nitrogens with zero attached hydrogens (tertiary/aromatic N) is 1. The van der Waals surface area contributed by atoms with Crippen molar-refractivity contribution in [2.24, 2.45) is 5.92 Å². The van der Waals surface area contributed by atoms with Gasteiger partial charge in [-0.1, -0.05) is 32.4 Å². The van der Waals surface area contributed by atoms with Crippen LogP contribution in [0.25, 0.3) is 10.9 Å². The zero-order valence-electron chi connectivity index (χ0n) is 14.8. The Bertz CT molecular complexity index is 720. The number of para-hydroxylation sites is 1. The highest BCUT2D eigenvalue weighted by molar-refractivity contribution is 6.06. The number of H-pyrrole nitrogens is 1. The van der Waals surface area contributed by atoms with E-state index in [-0.39, 0.29) is 12.5 Å². The van der Waals surface area contributed by atoms with E-state index in [1.807, 2.05) is 12.1 Å². The number of aliphatic hydroxyl groups is 1. The highest BCUT2D eigenvalue weighted by Crippen LogP contribution is 2.33. The molecule has 0 fully saturated rings. The van der Waals surface area contributed by atoms with Crippen LogP contribution in [0.3, 0.4) is 0 Å². The van der Waals surface area contributed by atoms with Crippen LogP contribution < -0.4 is 0 Å². The Morgan fingerprint density at radius 3 is 2.96 bits per heavy atom. The summed E-state index contributed by atoms with van der Waals surface area (Å²) in [5.41, 5.74) is 4.39. The molecular weight excluding hydrogens is 300 g/mol. The molecule has 1 atom stereocenters. The van der Waals surface area contributed by atoms with E-state index in [0.717, 1.165) is 36.8 Å². The Hall–Kier alpha value is -1.81. The predicted molar refractivity (Wildman–Crippen MR) is 97.4 cm³/mol. The molecule has 1 aliphatic carbocycles. The van der Waals surface area contributed by atoms with Gasteiger partial charge in [-0.2, -0.15) is 0 Å². The maximum absolute atomic E-state index is 13.0. The summed E-state index contributed by atoms with van der Waals surface area (Å²) in [6, 6.07) is 6.02. The standard InChI is InChI=1S/C20H28N2O2/c1-3-4-10-22(11-12-23)20(24)16-7-5-6-15-17-13-14(2)8-9-18(17)21-19(15)16/h5-7,14,21,23H,3-4,8-13H2,1-2H3. The Balaban J connectivity index is 1.98. The van der Waals surface area contributed by atoms with Crippen LogP contribution in [-0.4, -0.2) is 40.6 Å². The van der Waals surface area contributed by atoms with Crippen LogP contribution in [0.4, 0.5) is 0 Å². The molecule has 4 heteroatoms. The highest BCUT2D eigenvalue weighted by atomic mass is 16.3. The number of rotatable bonds is 6. The molecule has 1 amide bonds. The van der Waals surface area contributed by atoms with Crippen molar-refractivity contribution in [3.63, 3.8) is 0 Å². The van der Waals surface area contributed by atoms with Gasteiger partial charge in [0, 0.05) is 24.2 Å². The van der Waals surface area contributed by atoms with Gasteiger partial charge in [0.1, 0.15) is 0 Å². The number of aliphatic hydroxyl groups excluding tert-OH is 1. The summed E-state index contributed by atoms with van der Waals surface area (Å²) in [5.74, 6) is 0.723. The topological polar surface area (TPSA) is 56.3 Å². The first kappa shape index (κ1) is 17.0. The van der Waals surface area contributed by atoms with Crippen molar-refractivity contribution in [1.29, 1.82) is 0 Å². The molecule has 0 saturated carbocycles. The second kappa shape index (κ2) is 7.39. The van der Waals surface area contributed by atoms with E-state index in [2.05, 4.69) is 24.9 Å². The summed E-state index contributed by atoms with van der Waals surface area (Å²) in [5, 5.41) is 10.5. The zero-order valence-corrected chi connectivity index (χ0v) is 14.8. The molecule has 24 heavy (non-hydrogen) atoms. The third-order valence-corrected chi connectivity index (χ3v) is 5.14. The summed E-state index contributed by atoms with van der Waals surface area (Å²) >= 11 is 0. The fourth-order valence-corrected chi connectivity index (χ4v) is 3.75. The molecule has 3 rings (SSSR count). The van der Waals surface area contributed by atoms with Crippen molar-refractivity contribution in [1.82, 2.24) is 9.88 Å². The monoisotopic (exact) mass is 328 g/mol. The first-order chi connectivity index (χ1) is 11.7. The fourth-order valence-electron chi connectivity index (χ4n) is 3.75. The number of hydrogen-bond acceptors (Lipinski definition) is 2. The molecular formula is C20H28N2O2. The molecule has 1 heterocycles. The van der Waals surface area contributed by atoms with Crippen LogP contribution in [0, 0.1) is 5.92 Å². The van der Waals surface area contributed by atoms with Gasteiger partial charge in [0.15, 0.2) is 0 Å². The van der Waals surface area contributed by atoms with Gasteiger partial charge in [0.2, 0.25) is 0 Å². The molecule has 1 unspecified atom stereocenters. The average Bonchev–Trinajstić information content (AvgIpc) is 2.96. The quantitative estimate of drug-likeness (QED) is 0.852. The van der Waals surface area contributed by atoms with E-state index in [4.69, 9.17) is 0 Å². The molecule has 0 aliphatic heterocycles. The highest BCUT2D eigenvalue weighted by Gasteiger charge is 2.24. The summed E-state index contributed by atoms with van der Waals surface area (Å²) in [7, 11) is 0. The Morgan fingerprint density at radius 2 is 2.21 bits per heavy atom. The van der Waals surface area contributed by atoms with Gasteiger partial charge in [-0.15, -0.1) is 0 Å². The first-order valence-electron chi connectivity index (χ1n) is 9.18. The molecule has 0 bridgehead atoms. The van der Waals surface area contributed by atoms with Gasteiger partial charge in [-0.25, -0.2) is 0 Å². The van der Waals surface area contributed by atoms with Crippen LogP contribution in [0.2, 0.25) is 0 Å². The number of carbonyl (C=O) groups is 1. The molecule has 0 saturated heterocycles. The van der Waals surface area contributed by atoms with E-state index in [1.54, 1.807) is 4.90 Å². The minimum absolute atomic E-state index is 0.00414. The van der Waals surface area contributed by atoms with E-state index >= 15 is 0 Å². The van der Waals surface area contributed by atoms with E-state index < -0.39 is 0 Å². The van der Waals surface area contributed by atoms with Gasteiger partial charge < -0.3 is 15.0 Å². The number of aromatic amines is 1. The SMILES string of the molecule is CCCCN(CCO)C(=O)c1cccc2c3c([nH]c12)CCC(C)C3. The number of carbonyl (C=O) groups excluding carboxylic acids is 1. The largest absolute Gasteiger partial charge is 0.395 e. The number of hydrogen-bond donors (Lipinski definition) is 2. The van der Waals surface area contributed by atoms with Gasteiger partial charge in [0.05, 0.1) is 17.7 Å². The number of aromatic nitrogens is 1. The fraction of sp³-hybridized carbons (Fsp3) is 0.550. The van der Waals surface area contributed by atoms with E-state index in [1.165, 1.54) is 23.1 Å². The lowest BCUT2D eigenvalue weighted by Crippen LogP contribution is -2.34. The van der Waals surface area contributed by atoms with Crippen LogP contribution in [0.1, 0.15) is 54.7 Å². The second-order valence-corrected chi connectivity index (χ2v) is 7.03. The van der Waals surface area contributed by atoms with Crippen molar-refractivity contribution in [3.8, 4) is 0 Å². The Kier molecular flexibility index (Phi) is 5.24. The van der Waals surface area contributed by atoms with Crippen LogP contribution in [0.15, 0.2) is 18.2 Å². The normalized spacial score (nSPS) is 17.0. The number of amides is 1. The lowest BCUT2D eigenvalue weighted by molar-refractivity contribution is 0.0721. The van der Waals surface area contributed by atoms with Crippen LogP contribution >= 0.6 is 0 Å². The Labute approximate surface area is 143 Å². The van der Waals surface area contributed by atoms with E-state index in [0.29, 0.717) is 19.0 Å². The maximum atomic E-state index is 13.0. The number of unbranched alkanes of at least 4 members (excludes halogenated alkanes) is 1. The van der Waals surface area contributed by atoms with Crippen molar-refractivity contribution in [2.45, 2.75) is 46.0 Å². The smallest absolute Gasteiger partial charge is 0.256 e. The predicted octanol–water partition coefficient (Wildman–Crippen LogP) is 3.53. The first-order valence-corrected chi connectivity index (χ1v) is 9.18. The Morgan fingerprint density at radius 1 is 1.38 bits per heavy atom. The van der Waals surface area contributed by atoms with Gasteiger partial charge in [-0.05, 0) is 43.2 Å². The van der Waals surface area contributed by atoms with E-state index in [9.17, 15) is 9.90 Å². The lowest BCUT2D eigenvalue weighted by atomic mass is 9.87. The minimum atomic E-state index is 0.00414. The summed E-state index contributed by atoms with van der Waals surface area (Å²) < 4.78 is 0. The number of benzene rings is 1. The number of nitrogens with one attached hydrogen (secondary N) is 1. The third kappa shape index (κ3) is 3.20. The molecule has 2 aromatic rings. The number of aryl methyl sites for hydroxylation is 1.